The second-order valence-corrected chi connectivity index (χ2v) is 5.90. The molecule has 1 aromatic heterocycles. The van der Waals surface area contributed by atoms with Crippen LogP contribution in [0, 0.1) is 6.92 Å². The Labute approximate surface area is 137 Å². The molecular formula is C14H20F3N5O2. The van der Waals surface area contributed by atoms with E-state index in [9.17, 15) is 22.8 Å². The molecule has 2 rings (SSSR count). The van der Waals surface area contributed by atoms with Gasteiger partial charge in [-0.2, -0.15) is 18.3 Å². The van der Waals surface area contributed by atoms with Crippen LogP contribution in [0.5, 0.6) is 0 Å². The van der Waals surface area contributed by atoms with Crippen LogP contribution >= 0.6 is 0 Å². The predicted molar refractivity (Wildman–Crippen MR) is 79.1 cm³/mol. The van der Waals surface area contributed by atoms with Gasteiger partial charge in [-0.1, -0.05) is 0 Å². The maximum Gasteiger partial charge on any atom is 0.406 e. The molecule has 0 radical (unpaired) electrons. The van der Waals surface area contributed by atoms with Gasteiger partial charge in [-0.25, -0.2) is 4.79 Å². The van der Waals surface area contributed by atoms with Gasteiger partial charge in [0.05, 0.1) is 11.7 Å². The van der Waals surface area contributed by atoms with E-state index in [-0.39, 0.29) is 19.0 Å². The molecule has 1 fully saturated rings. The lowest BCUT2D eigenvalue weighted by Gasteiger charge is -2.19. The smallest absolute Gasteiger partial charge is 0.332 e. The predicted octanol–water partition coefficient (Wildman–Crippen LogP) is 1.25. The summed E-state index contributed by atoms with van der Waals surface area (Å²) in [6.45, 7) is 2.24. The van der Waals surface area contributed by atoms with Gasteiger partial charge in [0.25, 0.3) is 0 Å². The fourth-order valence-electron chi connectivity index (χ4n) is 2.76. The van der Waals surface area contributed by atoms with Crippen molar-refractivity contribution in [2.75, 3.05) is 13.1 Å². The molecule has 0 unspecified atom stereocenters. The van der Waals surface area contributed by atoms with E-state index in [0.717, 1.165) is 11.3 Å². The Balaban J connectivity index is 1.89. The first-order valence-corrected chi connectivity index (χ1v) is 7.49. The molecule has 0 aliphatic carbocycles. The summed E-state index contributed by atoms with van der Waals surface area (Å²) in [5, 5.41) is 9.28. The number of aromatic nitrogens is 2. The number of hydrogen-bond donors (Lipinski definition) is 2. The summed E-state index contributed by atoms with van der Waals surface area (Å²) >= 11 is 0. The Kier molecular flexibility index (Phi) is 5.05. The molecule has 0 aromatic carbocycles. The van der Waals surface area contributed by atoms with Crippen LogP contribution in [0.25, 0.3) is 0 Å². The Bertz CT molecular complexity index is 628. The second-order valence-electron chi connectivity index (χ2n) is 5.90. The summed E-state index contributed by atoms with van der Waals surface area (Å²) in [5.74, 6) is -0.715. The number of carbonyl (C=O) groups is 2. The minimum absolute atomic E-state index is 0.0272. The standard InChI is InChI=1S/C14H20F3N5O2/c1-8(10-6-21(3)20-9(10)2)18-13(24)19-11-4-5-22(12(11)23)7-14(15,16)17/h6,8,11H,4-5,7H2,1-3H3,(H2,18,19,24)/t8-,11+/m1/s1. The molecule has 7 nitrogen and oxygen atoms in total. The number of likely N-dealkylation sites (tertiary alicyclic amines) is 1. The van der Waals surface area contributed by atoms with E-state index in [0.29, 0.717) is 4.90 Å². The number of carbonyl (C=O) groups excluding carboxylic acids is 2. The Morgan fingerprint density at radius 1 is 1.50 bits per heavy atom. The van der Waals surface area contributed by atoms with Gasteiger partial charge in [-0.15, -0.1) is 0 Å². The molecule has 1 aromatic rings. The van der Waals surface area contributed by atoms with E-state index in [2.05, 4.69) is 15.7 Å². The van der Waals surface area contributed by atoms with Gasteiger partial charge < -0.3 is 15.5 Å². The van der Waals surface area contributed by atoms with E-state index in [4.69, 9.17) is 0 Å². The maximum absolute atomic E-state index is 12.4. The van der Waals surface area contributed by atoms with Crippen LogP contribution in [-0.2, 0) is 11.8 Å². The monoisotopic (exact) mass is 347 g/mol. The second kappa shape index (κ2) is 6.70. The summed E-state index contributed by atoms with van der Waals surface area (Å²) in [4.78, 5) is 24.6. The van der Waals surface area contributed by atoms with E-state index < -0.39 is 30.7 Å². The third-order valence-corrected chi connectivity index (χ3v) is 3.84. The van der Waals surface area contributed by atoms with Gasteiger partial charge >= 0.3 is 12.2 Å². The minimum atomic E-state index is -4.45. The number of rotatable bonds is 4. The Hall–Kier alpha value is -2.26. The molecule has 2 N–H and O–H groups in total. The number of amides is 3. The minimum Gasteiger partial charge on any atom is -0.332 e. The summed E-state index contributed by atoms with van der Waals surface area (Å²) in [6.07, 6.45) is -2.52. The molecule has 1 aliphatic heterocycles. The summed E-state index contributed by atoms with van der Waals surface area (Å²) in [7, 11) is 1.76. The fraction of sp³-hybridized carbons (Fsp3) is 0.643. The molecule has 2 heterocycles. The lowest BCUT2D eigenvalue weighted by molar-refractivity contribution is -0.157. The van der Waals surface area contributed by atoms with Gasteiger partial charge in [0, 0.05) is 25.4 Å². The van der Waals surface area contributed by atoms with Crippen LogP contribution < -0.4 is 10.6 Å². The maximum atomic E-state index is 12.4. The van der Waals surface area contributed by atoms with Crippen molar-refractivity contribution in [1.29, 1.82) is 0 Å². The van der Waals surface area contributed by atoms with Crippen LogP contribution in [0.1, 0.15) is 30.6 Å². The van der Waals surface area contributed by atoms with E-state index in [1.807, 2.05) is 0 Å². The molecule has 3 amide bonds. The van der Waals surface area contributed by atoms with Crippen LogP contribution in [-0.4, -0.2) is 51.9 Å². The van der Waals surface area contributed by atoms with Crippen molar-refractivity contribution in [2.24, 2.45) is 7.05 Å². The molecule has 1 aliphatic rings. The highest BCUT2D eigenvalue weighted by Gasteiger charge is 2.39. The van der Waals surface area contributed by atoms with Crippen molar-refractivity contribution < 1.29 is 22.8 Å². The number of halogens is 3. The van der Waals surface area contributed by atoms with Crippen molar-refractivity contribution in [3.05, 3.63) is 17.5 Å². The topological polar surface area (TPSA) is 79.3 Å². The van der Waals surface area contributed by atoms with Gasteiger partial charge in [0.2, 0.25) is 5.91 Å². The lowest BCUT2D eigenvalue weighted by atomic mass is 10.1. The molecule has 0 bridgehead atoms. The molecule has 10 heteroatoms. The Morgan fingerprint density at radius 3 is 2.71 bits per heavy atom. The zero-order valence-corrected chi connectivity index (χ0v) is 13.6. The number of nitrogens with one attached hydrogen (secondary N) is 2. The SMILES string of the molecule is Cc1nn(C)cc1[C@@H](C)NC(=O)N[C@H]1CCN(CC(F)(F)F)C1=O. The summed E-state index contributed by atoms with van der Waals surface area (Å²) in [5.41, 5.74) is 1.59. The summed E-state index contributed by atoms with van der Waals surface area (Å²) in [6, 6.07) is -1.88. The normalized spacial score (nSPS) is 19.5. The van der Waals surface area contributed by atoms with Crippen molar-refractivity contribution in [2.45, 2.75) is 38.5 Å². The lowest BCUT2D eigenvalue weighted by Crippen LogP contribution is -2.47. The number of urea groups is 1. The largest absolute Gasteiger partial charge is 0.406 e. The highest BCUT2D eigenvalue weighted by atomic mass is 19.4. The molecule has 2 atom stereocenters. The average Bonchev–Trinajstić information content (AvgIpc) is 2.93. The highest BCUT2D eigenvalue weighted by molar-refractivity contribution is 5.88. The van der Waals surface area contributed by atoms with Crippen LogP contribution in [0.3, 0.4) is 0 Å². The van der Waals surface area contributed by atoms with E-state index in [1.54, 1.807) is 31.8 Å². The van der Waals surface area contributed by atoms with Gasteiger partial charge in [0.1, 0.15) is 12.6 Å². The first kappa shape index (κ1) is 18.1. The zero-order valence-electron chi connectivity index (χ0n) is 13.6. The van der Waals surface area contributed by atoms with Crippen molar-refractivity contribution in [3.8, 4) is 0 Å². The first-order chi connectivity index (χ1) is 11.1. The first-order valence-electron chi connectivity index (χ1n) is 7.49. The molecular weight excluding hydrogens is 327 g/mol. The van der Waals surface area contributed by atoms with Gasteiger partial charge in [0.15, 0.2) is 0 Å². The van der Waals surface area contributed by atoms with E-state index in [1.165, 1.54) is 0 Å². The number of nitrogens with zero attached hydrogens (tertiary/aromatic N) is 3. The van der Waals surface area contributed by atoms with Crippen LogP contribution in [0.2, 0.25) is 0 Å². The van der Waals surface area contributed by atoms with Crippen molar-refractivity contribution >= 4 is 11.9 Å². The quantitative estimate of drug-likeness (QED) is 0.860. The van der Waals surface area contributed by atoms with E-state index >= 15 is 0 Å². The average molecular weight is 347 g/mol. The Morgan fingerprint density at radius 2 is 2.17 bits per heavy atom. The van der Waals surface area contributed by atoms with Gasteiger partial charge in [-0.05, 0) is 20.3 Å². The number of hydrogen-bond acceptors (Lipinski definition) is 3. The van der Waals surface area contributed by atoms with Gasteiger partial charge in [-0.3, -0.25) is 9.48 Å². The molecule has 0 saturated carbocycles. The zero-order chi connectivity index (χ0) is 18.1. The van der Waals surface area contributed by atoms with Crippen molar-refractivity contribution in [1.82, 2.24) is 25.3 Å². The summed E-state index contributed by atoms with van der Waals surface area (Å²) < 4.78 is 38.7. The van der Waals surface area contributed by atoms with Crippen LogP contribution in [0.4, 0.5) is 18.0 Å². The van der Waals surface area contributed by atoms with Crippen LogP contribution in [0.15, 0.2) is 6.20 Å². The molecule has 24 heavy (non-hydrogen) atoms. The molecule has 0 spiro atoms. The third kappa shape index (κ3) is 4.39. The number of aryl methyl sites for hydroxylation is 2. The molecule has 134 valence electrons. The third-order valence-electron chi connectivity index (χ3n) is 3.84. The van der Waals surface area contributed by atoms with Crippen molar-refractivity contribution in [3.63, 3.8) is 0 Å². The highest BCUT2D eigenvalue weighted by Crippen LogP contribution is 2.21. The number of alkyl halides is 3. The fourth-order valence-corrected chi connectivity index (χ4v) is 2.76. The molecule has 1 saturated heterocycles.